The first-order chi connectivity index (χ1) is 18.3. The van der Waals surface area contributed by atoms with Crippen LogP contribution in [0.5, 0.6) is 11.5 Å². The van der Waals surface area contributed by atoms with E-state index in [0.717, 1.165) is 69.1 Å². The van der Waals surface area contributed by atoms with Crippen LogP contribution in [-0.4, -0.2) is 21.2 Å². The summed E-state index contributed by atoms with van der Waals surface area (Å²) in [5.41, 5.74) is 6.47. The van der Waals surface area contributed by atoms with Gasteiger partial charge in [-0.25, -0.2) is 4.98 Å². The van der Waals surface area contributed by atoms with Crippen LogP contribution in [0.15, 0.2) is 78.9 Å². The second kappa shape index (κ2) is 10.8. The van der Waals surface area contributed by atoms with Crippen molar-refractivity contribution in [1.82, 2.24) is 14.5 Å². The summed E-state index contributed by atoms with van der Waals surface area (Å²) in [6.45, 7) is 5.30. The third kappa shape index (κ3) is 5.01. The van der Waals surface area contributed by atoms with E-state index in [1.54, 1.807) is 0 Å². The second-order valence-corrected chi connectivity index (χ2v) is 10.1. The summed E-state index contributed by atoms with van der Waals surface area (Å²) < 4.78 is 13.8. The molecular formula is C32H35N3O2. The molecule has 37 heavy (non-hydrogen) atoms. The lowest BCUT2D eigenvalue weighted by atomic mass is 9.93. The van der Waals surface area contributed by atoms with Gasteiger partial charge in [0.05, 0.1) is 17.4 Å². The van der Waals surface area contributed by atoms with E-state index in [-0.39, 0.29) is 0 Å². The average molecular weight is 494 g/mol. The highest BCUT2D eigenvalue weighted by atomic mass is 16.7. The summed E-state index contributed by atoms with van der Waals surface area (Å²) >= 11 is 0. The van der Waals surface area contributed by atoms with E-state index in [1.165, 1.54) is 28.1 Å². The van der Waals surface area contributed by atoms with E-state index >= 15 is 0 Å². The summed E-state index contributed by atoms with van der Waals surface area (Å²) in [5, 5.41) is 0. The monoisotopic (exact) mass is 493 g/mol. The molecule has 2 aliphatic rings. The van der Waals surface area contributed by atoms with Crippen LogP contribution < -0.4 is 9.47 Å². The third-order valence-corrected chi connectivity index (χ3v) is 7.55. The molecule has 0 amide bonds. The molecule has 6 rings (SSSR count). The fourth-order valence-corrected chi connectivity index (χ4v) is 5.74. The van der Waals surface area contributed by atoms with Crippen LogP contribution in [0.25, 0.3) is 11.4 Å². The molecule has 0 bridgehead atoms. The van der Waals surface area contributed by atoms with Gasteiger partial charge in [0.1, 0.15) is 5.82 Å². The summed E-state index contributed by atoms with van der Waals surface area (Å²) in [6.07, 6.45) is 5.65. The number of nitrogens with zero attached hydrogens (tertiary/aromatic N) is 3. The highest BCUT2D eigenvalue weighted by Gasteiger charge is 2.32. The molecule has 0 N–H and O–H groups in total. The van der Waals surface area contributed by atoms with Crippen molar-refractivity contribution in [1.29, 1.82) is 0 Å². The Labute approximate surface area is 219 Å². The van der Waals surface area contributed by atoms with Crippen molar-refractivity contribution in [3.05, 3.63) is 101 Å². The van der Waals surface area contributed by atoms with Crippen molar-refractivity contribution in [2.24, 2.45) is 0 Å². The highest BCUT2D eigenvalue weighted by molar-refractivity contribution is 5.57. The number of hydrogen-bond donors (Lipinski definition) is 0. The largest absolute Gasteiger partial charge is 0.454 e. The number of imidazole rings is 1. The molecule has 1 aliphatic carbocycles. The summed E-state index contributed by atoms with van der Waals surface area (Å²) in [5.74, 6) is 2.80. The number of hydrogen-bond acceptors (Lipinski definition) is 4. The van der Waals surface area contributed by atoms with Crippen LogP contribution in [0, 0.1) is 0 Å². The van der Waals surface area contributed by atoms with Crippen LogP contribution in [0.2, 0.25) is 0 Å². The number of rotatable bonds is 9. The minimum Gasteiger partial charge on any atom is -0.454 e. The Balaban J connectivity index is 1.41. The maximum atomic E-state index is 5.70. The Morgan fingerprint density at radius 2 is 1.65 bits per heavy atom. The lowest BCUT2D eigenvalue weighted by Crippen LogP contribution is -2.32. The van der Waals surface area contributed by atoms with E-state index in [0.29, 0.717) is 12.8 Å². The van der Waals surface area contributed by atoms with Crippen molar-refractivity contribution in [2.45, 2.75) is 64.7 Å². The second-order valence-electron chi connectivity index (χ2n) is 10.1. The van der Waals surface area contributed by atoms with Gasteiger partial charge in [-0.3, -0.25) is 4.90 Å². The Kier molecular flexibility index (Phi) is 6.96. The predicted molar refractivity (Wildman–Crippen MR) is 147 cm³/mol. The summed E-state index contributed by atoms with van der Waals surface area (Å²) in [4.78, 5) is 7.91. The zero-order chi connectivity index (χ0) is 25.0. The summed E-state index contributed by atoms with van der Waals surface area (Å²) in [7, 11) is 0. The SMILES string of the molecule is CCCCn1c(-c2ccccc2)nc2c1C(N(Cc1ccccc1)Cc1ccc3c(c1)OCO3)CCC2. The number of aryl methyl sites for hydroxylation is 1. The summed E-state index contributed by atoms with van der Waals surface area (Å²) in [6, 6.07) is 28.2. The van der Waals surface area contributed by atoms with E-state index in [4.69, 9.17) is 14.5 Å². The van der Waals surface area contributed by atoms with Gasteiger partial charge in [0, 0.05) is 25.2 Å². The Morgan fingerprint density at radius 1 is 0.892 bits per heavy atom. The van der Waals surface area contributed by atoms with Gasteiger partial charge in [0.25, 0.3) is 0 Å². The van der Waals surface area contributed by atoms with E-state index in [1.807, 2.05) is 6.07 Å². The topological polar surface area (TPSA) is 39.5 Å². The molecule has 0 saturated carbocycles. The zero-order valence-electron chi connectivity index (χ0n) is 21.6. The maximum Gasteiger partial charge on any atom is 0.231 e. The maximum absolute atomic E-state index is 5.70. The van der Waals surface area contributed by atoms with E-state index in [2.05, 4.69) is 89.2 Å². The van der Waals surface area contributed by atoms with Gasteiger partial charge in [-0.2, -0.15) is 0 Å². The van der Waals surface area contributed by atoms with Crippen LogP contribution in [-0.2, 0) is 26.1 Å². The van der Waals surface area contributed by atoms with Crippen molar-refractivity contribution in [3.63, 3.8) is 0 Å². The van der Waals surface area contributed by atoms with Gasteiger partial charge in [0.15, 0.2) is 11.5 Å². The molecule has 5 heteroatoms. The smallest absolute Gasteiger partial charge is 0.231 e. The first kappa shape index (κ1) is 23.8. The molecule has 1 aromatic heterocycles. The fraction of sp³-hybridized carbons (Fsp3) is 0.344. The van der Waals surface area contributed by atoms with Gasteiger partial charge in [-0.15, -0.1) is 0 Å². The normalized spacial score (nSPS) is 16.2. The Bertz CT molecular complexity index is 1330. The molecule has 4 aromatic rings. The van der Waals surface area contributed by atoms with Crippen molar-refractivity contribution >= 4 is 0 Å². The van der Waals surface area contributed by atoms with Crippen molar-refractivity contribution in [3.8, 4) is 22.9 Å². The lowest BCUT2D eigenvalue weighted by molar-refractivity contribution is 0.153. The molecule has 0 saturated heterocycles. The van der Waals surface area contributed by atoms with Crippen LogP contribution in [0.1, 0.15) is 61.2 Å². The first-order valence-corrected chi connectivity index (χ1v) is 13.6. The van der Waals surface area contributed by atoms with Gasteiger partial charge in [-0.1, -0.05) is 80.1 Å². The number of ether oxygens (including phenoxy) is 2. The van der Waals surface area contributed by atoms with Crippen LogP contribution >= 0.6 is 0 Å². The minimum absolute atomic E-state index is 0.302. The van der Waals surface area contributed by atoms with Crippen LogP contribution in [0.3, 0.4) is 0 Å². The molecule has 0 radical (unpaired) electrons. The standard InChI is InChI=1S/C32H35N3O2/c1-2-3-19-35-31-27(33-32(35)26-13-8-5-9-14-26)15-10-16-28(31)34(21-24-11-6-4-7-12-24)22-25-17-18-29-30(20-25)37-23-36-29/h4-9,11-14,17-18,20,28H,2-3,10,15-16,19,21-23H2,1H3. The quantitative estimate of drug-likeness (QED) is 0.248. The Hall–Kier alpha value is -3.57. The van der Waals surface area contributed by atoms with Crippen LogP contribution in [0.4, 0.5) is 0 Å². The molecule has 1 aliphatic heterocycles. The first-order valence-electron chi connectivity index (χ1n) is 13.6. The zero-order valence-corrected chi connectivity index (χ0v) is 21.6. The predicted octanol–water partition coefficient (Wildman–Crippen LogP) is 7.16. The molecular weight excluding hydrogens is 458 g/mol. The average Bonchev–Trinajstić information content (AvgIpc) is 3.57. The number of benzene rings is 3. The lowest BCUT2D eigenvalue weighted by Gasteiger charge is -2.35. The molecule has 5 nitrogen and oxygen atoms in total. The van der Waals surface area contributed by atoms with E-state index < -0.39 is 0 Å². The van der Waals surface area contributed by atoms with Gasteiger partial charge < -0.3 is 14.0 Å². The number of unbranched alkanes of at least 4 members (excludes halogenated alkanes) is 1. The molecule has 3 aromatic carbocycles. The molecule has 1 atom stereocenters. The van der Waals surface area contributed by atoms with E-state index in [9.17, 15) is 0 Å². The van der Waals surface area contributed by atoms with Crippen molar-refractivity contribution in [2.75, 3.05) is 6.79 Å². The molecule has 190 valence electrons. The van der Waals surface area contributed by atoms with Crippen molar-refractivity contribution < 1.29 is 9.47 Å². The molecule has 2 heterocycles. The molecule has 0 fully saturated rings. The fourth-order valence-electron chi connectivity index (χ4n) is 5.74. The van der Waals surface area contributed by atoms with Gasteiger partial charge in [0.2, 0.25) is 6.79 Å². The number of fused-ring (bicyclic) bond motifs is 2. The minimum atomic E-state index is 0.302. The third-order valence-electron chi connectivity index (χ3n) is 7.55. The van der Waals surface area contributed by atoms with Gasteiger partial charge in [-0.05, 0) is 48.9 Å². The molecule has 1 unspecified atom stereocenters. The van der Waals surface area contributed by atoms with Gasteiger partial charge >= 0.3 is 0 Å². The molecule has 0 spiro atoms. The number of aromatic nitrogens is 2. The highest BCUT2D eigenvalue weighted by Crippen LogP contribution is 2.40. The Morgan fingerprint density at radius 3 is 2.46 bits per heavy atom.